The van der Waals surface area contributed by atoms with E-state index < -0.39 is 14.6 Å². The Labute approximate surface area is 186 Å². The van der Waals surface area contributed by atoms with Crippen LogP contribution in [0.5, 0.6) is 0 Å². The Morgan fingerprint density at radius 1 is 0.774 bits per heavy atom. The molecule has 2 unspecified atom stereocenters. The Morgan fingerprint density at radius 2 is 1.35 bits per heavy atom. The van der Waals surface area contributed by atoms with Crippen LogP contribution < -0.4 is 0 Å². The van der Waals surface area contributed by atoms with E-state index in [2.05, 4.69) is 18.1 Å². The molecule has 31 heavy (non-hydrogen) atoms. The normalized spacial score (nSPS) is 22.5. The van der Waals surface area contributed by atoms with Crippen molar-refractivity contribution in [2.75, 3.05) is 0 Å². The van der Waals surface area contributed by atoms with Crippen LogP contribution in [0, 0.1) is 18.3 Å². The van der Waals surface area contributed by atoms with Gasteiger partial charge in [0.15, 0.2) is 9.84 Å². The van der Waals surface area contributed by atoms with E-state index in [9.17, 15) is 8.42 Å². The van der Waals surface area contributed by atoms with Crippen LogP contribution in [0.2, 0.25) is 0 Å². The van der Waals surface area contributed by atoms with Crippen LogP contribution in [0.25, 0.3) is 0 Å². The van der Waals surface area contributed by atoms with Crippen molar-refractivity contribution < 1.29 is 8.42 Å². The van der Waals surface area contributed by atoms with Gasteiger partial charge in [0.25, 0.3) is 0 Å². The second-order valence-electron chi connectivity index (χ2n) is 8.27. The van der Waals surface area contributed by atoms with Gasteiger partial charge in [-0.3, -0.25) is 0 Å². The van der Waals surface area contributed by atoms with Crippen molar-refractivity contribution in [1.29, 1.82) is 0 Å². The van der Waals surface area contributed by atoms with Crippen LogP contribution in [-0.2, 0) is 14.6 Å². The van der Waals surface area contributed by atoms with Crippen molar-refractivity contribution in [3.05, 3.63) is 102 Å². The van der Waals surface area contributed by atoms with E-state index in [1.54, 1.807) is 24.3 Å². The third-order valence-corrected chi connectivity index (χ3v) is 9.10. The van der Waals surface area contributed by atoms with Gasteiger partial charge in [0, 0.05) is 12.3 Å². The van der Waals surface area contributed by atoms with Crippen LogP contribution in [-0.4, -0.2) is 8.42 Å². The third-order valence-electron chi connectivity index (χ3n) is 6.52. The second kappa shape index (κ2) is 9.12. The molecule has 0 bridgehead atoms. The van der Waals surface area contributed by atoms with Crippen molar-refractivity contribution in [2.24, 2.45) is 5.92 Å². The number of benzene rings is 3. The maximum atomic E-state index is 14.2. The molecule has 0 amide bonds. The molecule has 3 heteroatoms. The lowest BCUT2D eigenvalue weighted by Crippen LogP contribution is -2.25. The van der Waals surface area contributed by atoms with Crippen LogP contribution in [0.4, 0.5) is 0 Å². The minimum absolute atomic E-state index is 0.0355. The first-order valence-electron chi connectivity index (χ1n) is 11.0. The van der Waals surface area contributed by atoms with Gasteiger partial charge in [0.1, 0.15) is 4.75 Å². The zero-order valence-corrected chi connectivity index (χ0v) is 18.5. The Balaban J connectivity index is 1.80. The van der Waals surface area contributed by atoms with E-state index in [4.69, 9.17) is 6.42 Å². The second-order valence-corrected chi connectivity index (χ2v) is 10.4. The first-order chi connectivity index (χ1) is 15.1. The molecule has 0 aliphatic heterocycles. The van der Waals surface area contributed by atoms with Crippen molar-refractivity contribution in [3.8, 4) is 12.3 Å². The molecular formula is C28H28O2S. The first kappa shape index (κ1) is 21.4. The highest BCUT2D eigenvalue weighted by molar-refractivity contribution is 7.92. The lowest BCUT2D eigenvalue weighted by Gasteiger charge is -2.21. The van der Waals surface area contributed by atoms with E-state index in [0.717, 1.165) is 43.2 Å². The molecule has 0 heterocycles. The highest BCUT2D eigenvalue weighted by atomic mass is 32.2. The maximum absolute atomic E-state index is 14.2. The van der Waals surface area contributed by atoms with Gasteiger partial charge in [0.05, 0.1) is 4.90 Å². The summed E-state index contributed by atoms with van der Waals surface area (Å²) in [5.41, 5.74) is 1.99. The van der Waals surface area contributed by atoms with Crippen molar-refractivity contribution in [1.82, 2.24) is 0 Å². The standard InChI is InChI=1S/C28H28O2S/c1-2-3-4-5-15-22-26-27(23-16-9-6-10-17-23)28(26,24-18-11-7-12-19-24)31(29,30)25-20-13-8-14-21-25/h1,6-14,16-21,26-27H,3-5,15,22H2/t26-,27?,28?/m0/s1. The van der Waals surface area contributed by atoms with Crippen LogP contribution in [0.3, 0.4) is 0 Å². The molecule has 0 aromatic heterocycles. The average molecular weight is 429 g/mol. The lowest BCUT2D eigenvalue weighted by molar-refractivity contribution is 0.550. The van der Waals surface area contributed by atoms with Crippen LogP contribution >= 0.6 is 0 Å². The Kier molecular flexibility index (Phi) is 6.30. The van der Waals surface area contributed by atoms with Crippen molar-refractivity contribution >= 4 is 9.84 Å². The van der Waals surface area contributed by atoms with E-state index in [1.807, 2.05) is 54.6 Å². The summed E-state index contributed by atoms with van der Waals surface area (Å²) in [5.74, 6) is 2.67. The summed E-state index contributed by atoms with van der Waals surface area (Å²) in [6.45, 7) is 0. The summed E-state index contributed by atoms with van der Waals surface area (Å²) in [6.07, 6.45) is 10.0. The van der Waals surface area contributed by atoms with Crippen LogP contribution in [0.1, 0.15) is 49.1 Å². The molecule has 3 aromatic rings. The largest absolute Gasteiger partial charge is 0.223 e. The zero-order chi connectivity index (χ0) is 21.7. The smallest absolute Gasteiger partial charge is 0.189 e. The lowest BCUT2D eigenvalue weighted by atomic mass is 10.0. The van der Waals surface area contributed by atoms with Gasteiger partial charge in [-0.15, -0.1) is 12.3 Å². The quantitative estimate of drug-likeness (QED) is 0.294. The highest BCUT2D eigenvalue weighted by Gasteiger charge is 2.73. The van der Waals surface area contributed by atoms with Gasteiger partial charge in [-0.05, 0) is 42.0 Å². The van der Waals surface area contributed by atoms with Gasteiger partial charge in [0.2, 0.25) is 0 Å². The van der Waals surface area contributed by atoms with E-state index >= 15 is 0 Å². The monoisotopic (exact) mass is 428 g/mol. The molecule has 0 N–H and O–H groups in total. The van der Waals surface area contributed by atoms with Gasteiger partial charge in [-0.25, -0.2) is 8.42 Å². The van der Waals surface area contributed by atoms with Crippen LogP contribution in [0.15, 0.2) is 95.9 Å². The summed E-state index contributed by atoms with van der Waals surface area (Å²) in [5, 5.41) is 0. The number of rotatable bonds is 9. The summed E-state index contributed by atoms with van der Waals surface area (Å²) in [7, 11) is -3.61. The molecule has 0 radical (unpaired) electrons. The van der Waals surface area contributed by atoms with Gasteiger partial charge in [-0.2, -0.15) is 0 Å². The summed E-state index contributed by atoms with van der Waals surface area (Å²) in [6, 6.07) is 28.9. The Bertz CT molecular complexity index is 1130. The molecule has 0 saturated heterocycles. The fourth-order valence-corrected chi connectivity index (χ4v) is 7.70. The van der Waals surface area contributed by atoms with E-state index in [1.165, 1.54) is 0 Å². The Hall–Kier alpha value is -2.83. The minimum atomic E-state index is -3.61. The van der Waals surface area contributed by atoms with Crippen molar-refractivity contribution in [2.45, 2.75) is 47.7 Å². The average Bonchev–Trinajstić information content (AvgIpc) is 3.51. The highest BCUT2D eigenvalue weighted by Crippen LogP contribution is 2.71. The fourth-order valence-electron chi connectivity index (χ4n) is 5.13. The Morgan fingerprint density at radius 3 is 1.97 bits per heavy atom. The summed E-state index contributed by atoms with van der Waals surface area (Å²) < 4.78 is 27.5. The van der Waals surface area contributed by atoms with E-state index in [-0.39, 0.29) is 11.8 Å². The number of hydrogen-bond acceptors (Lipinski definition) is 2. The number of hydrogen-bond donors (Lipinski definition) is 0. The van der Waals surface area contributed by atoms with Gasteiger partial charge in [-0.1, -0.05) is 91.7 Å². The zero-order valence-electron chi connectivity index (χ0n) is 17.7. The summed E-state index contributed by atoms with van der Waals surface area (Å²) >= 11 is 0. The molecule has 0 spiro atoms. The van der Waals surface area contributed by atoms with Crippen molar-refractivity contribution in [3.63, 3.8) is 0 Å². The molecule has 1 fully saturated rings. The first-order valence-corrected chi connectivity index (χ1v) is 12.5. The van der Waals surface area contributed by atoms with Gasteiger partial charge >= 0.3 is 0 Å². The molecule has 4 rings (SSSR count). The number of terminal acetylenes is 1. The van der Waals surface area contributed by atoms with E-state index in [0.29, 0.717) is 4.90 Å². The molecular weight excluding hydrogens is 400 g/mol. The topological polar surface area (TPSA) is 34.1 Å². The fraction of sp³-hybridized carbons (Fsp3) is 0.286. The molecule has 3 atom stereocenters. The molecule has 3 aromatic carbocycles. The minimum Gasteiger partial charge on any atom is -0.223 e. The number of sulfone groups is 1. The predicted molar refractivity (Wildman–Crippen MR) is 126 cm³/mol. The predicted octanol–water partition coefficient (Wildman–Crippen LogP) is 6.35. The summed E-state index contributed by atoms with van der Waals surface area (Å²) in [4.78, 5) is 0.398. The molecule has 1 saturated carbocycles. The molecule has 1 aliphatic carbocycles. The number of unbranched alkanes of at least 4 members (excludes halogenated alkanes) is 3. The molecule has 158 valence electrons. The maximum Gasteiger partial charge on any atom is 0.189 e. The van der Waals surface area contributed by atoms with Gasteiger partial charge < -0.3 is 0 Å². The third kappa shape index (κ3) is 3.82. The SMILES string of the molecule is C#CCCCCC[C@H]1C(c2ccccc2)C1(c1ccccc1)S(=O)(=O)c1ccccc1. The molecule has 1 aliphatic rings. The molecule has 2 nitrogen and oxygen atoms in total.